The lowest BCUT2D eigenvalue weighted by Crippen LogP contribution is -2.48. The number of carbonyl (C=O) groups is 2. The summed E-state index contributed by atoms with van der Waals surface area (Å²) in [6.45, 7) is 23.6. The summed E-state index contributed by atoms with van der Waals surface area (Å²) in [6, 6.07) is 20.4. The van der Waals surface area contributed by atoms with Crippen molar-refractivity contribution >= 4 is 54.0 Å². The van der Waals surface area contributed by atoms with E-state index in [-0.39, 0.29) is 59.5 Å². The van der Waals surface area contributed by atoms with E-state index in [0.29, 0.717) is 34.8 Å². The fourth-order valence-electron chi connectivity index (χ4n) is 9.23. The van der Waals surface area contributed by atoms with E-state index in [1.807, 2.05) is 74.2 Å². The van der Waals surface area contributed by atoms with E-state index in [1.165, 1.54) is 0 Å². The maximum absolute atomic E-state index is 14.9. The van der Waals surface area contributed by atoms with E-state index >= 15 is 0 Å². The van der Waals surface area contributed by atoms with Gasteiger partial charge in [0.05, 0.1) is 61.9 Å². The SMILES string of the molecule is Cc1ncsc1-c1ccc([C@H](C)NC(=O)[C@@H]2C[C@@H](O[Si](C)(C)C(C)(C)C)CN2C(=O)[C@@H](c2cc(OCCc3cccc4c3C(C)(C)c3nc(=O)c5c(Cl)cccc5n3-4)no2)C(C)C)cc1. The second kappa shape index (κ2) is 17.6. The zero-order valence-corrected chi connectivity index (χ0v) is 41.7. The molecule has 6 aromatic rings. The second-order valence-electron chi connectivity index (χ2n) is 19.9. The van der Waals surface area contributed by atoms with E-state index in [2.05, 4.69) is 86.4 Å². The number of fused-ring (bicyclic) bond motifs is 5. The van der Waals surface area contributed by atoms with Gasteiger partial charge in [-0.05, 0) is 97.4 Å². The highest BCUT2D eigenvalue weighted by Crippen LogP contribution is 2.45. The molecule has 0 bridgehead atoms. The number of nitrogens with one attached hydrogen (secondary N) is 1. The third-order valence-corrected chi connectivity index (χ3v) is 19.5. The smallest absolute Gasteiger partial charge is 0.282 e. The lowest BCUT2D eigenvalue weighted by atomic mass is 9.82. The van der Waals surface area contributed by atoms with Crippen LogP contribution in [0.2, 0.25) is 23.2 Å². The van der Waals surface area contributed by atoms with Gasteiger partial charge in [-0.25, -0.2) is 4.98 Å². The first-order valence-corrected chi connectivity index (χ1v) is 26.6. The molecule has 65 heavy (non-hydrogen) atoms. The van der Waals surface area contributed by atoms with Crippen molar-refractivity contribution < 1.29 is 23.3 Å². The largest absolute Gasteiger partial charge is 0.475 e. The molecule has 2 amide bonds. The molecule has 1 saturated heterocycles. The van der Waals surface area contributed by atoms with Crippen LogP contribution >= 0.6 is 22.9 Å². The van der Waals surface area contributed by atoms with E-state index < -0.39 is 25.7 Å². The van der Waals surface area contributed by atoms with Crippen LogP contribution in [0.4, 0.5) is 0 Å². The molecule has 0 radical (unpaired) electrons. The molecule has 4 atom stereocenters. The fraction of sp³-hybridized carbons (Fsp3) is 0.440. The summed E-state index contributed by atoms with van der Waals surface area (Å²) in [7, 11) is -2.25. The minimum atomic E-state index is -2.25. The van der Waals surface area contributed by atoms with Crippen molar-refractivity contribution in [1.82, 2.24) is 29.9 Å². The summed E-state index contributed by atoms with van der Waals surface area (Å²) in [6.07, 6.45) is 0.616. The number of aromatic nitrogens is 4. The first-order valence-electron chi connectivity index (χ1n) is 22.4. The monoisotopic (exact) mass is 934 g/mol. The number of ether oxygens (including phenoxy) is 1. The molecule has 2 aliphatic rings. The average Bonchev–Trinajstić information content (AvgIpc) is 4.03. The zero-order chi connectivity index (χ0) is 46.7. The maximum atomic E-state index is 14.9. The fourth-order valence-corrected chi connectivity index (χ4v) is 11.7. The van der Waals surface area contributed by atoms with Gasteiger partial charge in [-0.3, -0.25) is 19.0 Å². The molecule has 3 aromatic carbocycles. The number of aryl methyl sites for hydroxylation is 1. The van der Waals surface area contributed by atoms with Gasteiger partial charge in [0.2, 0.25) is 11.8 Å². The molecule has 0 spiro atoms. The Kier molecular flexibility index (Phi) is 12.5. The van der Waals surface area contributed by atoms with Gasteiger partial charge in [-0.1, -0.05) is 88.7 Å². The number of hydrogen-bond acceptors (Lipinski definition) is 10. The van der Waals surface area contributed by atoms with Gasteiger partial charge in [-0.15, -0.1) is 11.3 Å². The van der Waals surface area contributed by atoms with Crippen molar-refractivity contribution in [2.75, 3.05) is 13.2 Å². The first kappa shape index (κ1) is 46.4. The molecule has 12 nitrogen and oxygen atoms in total. The van der Waals surface area contributed by atoms with Crippen molar-refractivity contribution in [3.63, 3.8) is 0 Å². The molecule has 1 fully saturated rings. The summed E-state index contributed by atoms with van der Waals surface area (Å²) in [4.78, 5) is 54.2. The Labute approximate surface area is 390 Å². The number of amides is 2. The van der Waals surface area contributed by atoms with Crippen LogP contribution in [0.5, 0.6) is 5.88 Å². The molecule has 15 heteroatoms. The summed E-state index contributed by atoms with van der Waals surface area (Å²) in [5.74, 6) is -0.0606. The van der Waals surface area contributed by atoms with Crippen LogP contribution in [0.1, 0.15) is 108 Å². The van der Waals surface area contributed by atoms with Crippen molar-refractivity contribution in [1.29, 1.82) is 0 Å². The normalized spacial score (nSPS) is 17.9. The number of benzene rings is 3. The summed E-state index contributed by atoms with van der Waals surface area (Å²) in [5, 5.41) is 8.19. The molecular formula is C50H59ClN6O6SSi. The number of halogens is 1. The molecule has 0 unspecified atom stereocenters. The maximum Gasteiger partial charge on any atom is 0.282 e. The zero-order valence-electron chi connectivity index (χ0n) is 39.1. The van der Waals surface area contributed by atoms with Crippen molar-refractivity contribution in [3.8, 4) is 22.0 Å². The van der Waals surface area contributed by atoms with Gasteiger partial charge < -0.3 is 23.9 Å². The summed E-state index contributed by atoms with van der Waals surface area (Å²) in [5.41, 5.74) is 7.72. The highest BCUT2D eigenvalue weighted by atomic mass is 35.5. The lowest BCUT2D eigenvalue weighted by molar-refractivity contribution is -0.141. The quantitative estimate of drug-likeness (QED) is 0.112. The Bertz CT molecular complexity index is 2830. The Morgan fingerprint density at radius 3 is 2.46 bits per heavy atom. The van der Waals surface area contributed by atoms with Crippen LogP contribution < -0.4 is 15.6 Å². The van der Waals surface area contributed by atoms with Gasteiger partial charge in [0.25, 0.3) is 11.4 Å². The van der Waals surface area contributed by atoms with Gasteiger partial charge in [-0.2, -0.15) is 4.98 Å². The van der Waals surface area contributed by atoms with Crippen LogP contribution in [-0.2, 0) is 25.9 Å². The Morgan fingerprint density at radius 2 is 1.78 bits per heavy atom. The van der Waals surface area contributed by atoms with E-state index in [1.54, 1.807) is 28.4 Å². The summed E-state index contributed by atoms with van der Waals surface area (Å²) < 4.78 is 21.0. The van der Waals surface area contributed by atoms with Gasteiger partial charge in [0.1, 0.15) is 17.8 Å². The Hall–Kier alpha value is -5.15. The predicted molar refractivity (Wildman–Crippen MR) is 259 cm³/mol. The molecule has 5 heterocycles. The number of nitrogens with zero attached hydrogens (tertiary/aromatic N) is 5. The highest BCUT2D eigenvalue weighted by Gasteiger charge is 2.48. The van der Waals surface area contributed by atoms with E-state index in [9.17, 15) is 14.4 Å². The third kappa shape index (κ3) is 8.70. The number of rotatable bonds is 13. The van der Waals surface area contributed by atoms with Crippen molar-refractivity contribution in [3.05, 3.63) is 122 Å². The standard InChI is InChI=1S/C50H59ClN6O6SSi/c1-28(2)41(39-25-40(55-62-39)61-23-22-32-14-12-17-37-43(32)50(8,9)48-54-46(59)42-35(51)15-13-16-36(42)57(37)48)47(60)56-26-34(63-65(10,11)49(5,6)7)24-38(56)45(58)53-29(3)31-18-20-33(21-19-31)44-30(4)52-27-64-44/h12-21,25,27-29,34,38,41H,22-24,26H2,1-11H3,(H,53,58)/t29-,34+,38-,41+/m0/s1. The van der Waals surface area contributed by atoms with Crippen LogP contribution in [-0.4, -0.2) is 70.0 Å². The number of carbonyl (C=O) groups excluding carboxylic acids is 2. The molecule has 342 valence electrons. The van der Waals surface area contributed by atoms with Crippen LogP contribution in [0.3, 0.4) is 0 Å². The van der Waals surface area contributed by atoms with Crippen LogP contribution in [0.15, 0.2) is 81.6 Å². The molecule has 2 aliphatic heterocycles. The number of hydrogen-bond donors (Lipinski definition) is 1. The van der Waals surface area contributed by atoms with E-state index in [4.69, 9.17) is 25.3 Å². The van der Waals surface area contributed by atoms with Crippen LogP contribution in [0.25, 0.3) is 27.0 Å². The van der Waals surface area contributed by atoms with Crippen LogP contribution in [0, 0.1) is 12.8 Å². The topological polar surface area (TPSA) is 142 Å². The second-order valence-corrected chi connectivity index (χ2v) is 25.9. The van der Waals surface area contributed by atoms with Crippen molar-refractivity contribution in [2.45, 2.75) is 123 Å². The van der Waals surface area contributed by atoms with Gasteiger partial charge in [0.15, 0.2) is 14.1 Å². The molecule has 3 aromatic heterocycles. The Morgan fingerprint density at radius 1 is 1.06 bits per heavy atom. The number of likely N-dealkylation sites (tertiary alicyclic amines) is 1. The molecule has 0 aliphatic carbocycles. The Balaban J connectivity index is 0.993. The molecule has 8 rings (SSSR count). The third-order valence-electron chi connectivity index (χ3n) is 13.7. The molecular weight excluding hydrogens is 876 g/mol. The van der Waals surface area contributed by atoms with Gasteiger partial charge in [0, 0.05) is 25.5 Å². The average molecular weight is 936 g/mol. The highest BCUT2D eigenvalue weighted by molar-refractivity contribution is 7.13. The first-order chi connectivity index (χ1) is 30.7. The van der Waals surface area contributed by atoms with Gasteiger partial charge >= 0.3 is 0 Å². The minimum absolute atomic E-state index is 0.0550. The predicted octanol–water partition coefficient (Wildman–Crippen LogP) is 10.3. The summed E-state index contributed by atoms with van der Waals surface area (Å²) >= 11 is 8.10. The minimum Gasteiger partial charge on any atom is -0.475 e. The van der Waals surface area contributed by atoms with Crippen molar-refractivity contribution in [2.24, 2.45) is 5.92 Å². The molecule has 1 N–H and O–H groups in total. The molecule has 0 saturated carbocycles. The lowest BCUT2D eigenvalue weighted by Gasteiger charge is -2.38. The number of thiazole rings is 1. The van der Waals surface area contributed by atoms with E-state index in [0.717, 1.165) is 44.0 Å².